The molecule has 114 valence electrons. The van der Waals surface area contributed by atoms with Crippen molar-refractivity contribution in [3.8, 4) is 0 Å². The maximum absolute atomic E-state index is 12.3. The highest BCUT2D eigenvalue weighted by atomic mass is 16.4. The largest absolute Gasteiger partial charge is 0.409 e. The summed E-state index contributed by atoms with van der Waals surface area (Å²) in [5.41, 5.74) is 5.07. The maximum Gasteiger partial charge on any atom is 0.253 e. The molecule has 1 saturated carbocycles. The molecule has 0 unspecified atom stereocenters. The van der Waals surface area contributed by atoms with Gasteiger partial charge in [0.05, 0.1) is 5.56 Å². The van der Waals surface area contributed by atoms with Crippen molar-refractivity contribution in [2.45, 2.75) is 44.1 Å². The molecule has 5 N–H and O–H groups in total. The number of nitrogens with two attached hydrogens (primary N) is 1. The Morgan fingerprint density at radius 1 is 1.29 bits per heavy atom. The maximum atomic E-state index is 12.3. The summed E-state index contributed by atoms with van der Waals surface area (Å²) in [5.74, 6) is -0.318. The Balaban J connectivity index is 2.24. The Kier molecular flexibility index (Phi) is 4.62. The van der Waals surface area contributed by atoms with Crippen molar-refractivity contribution in [2.24, 2.45) is 10.9 Å². The van der Waals surface area contributed by atoms with E-state index >= 15 is 0 Å². The number of hydrogen-bond donors (Lipinski definition) is 4. The molecule has 0 bridgehead atoms. The number of carbonyl (C=O) groups is 1. The molecule has 0 aromatic carbocycles. The van der Waals surface area contributed by atoms with Crippen LogP contribution in [0.1, 0.15) is 48.9 Å². The van der Waals surface area contributed by atoms with Gasteiger partial charge in [-0.2, -0.15) is 0 Å². The summed E-state index contributed by atoms with van der Waals surface area (Å²) in [7, 11) is 0. The zero-order chi connectivity index (χ0) is 15.3. The van der Waals surface area contributed by atoms with Crippen LogP contribution >= 0.6 is 0 Å². The molecule has 1 aromatic heterocycles. The van der Waals surface area contributed by atoms with Gasteiger partial charge in [-0.1, -0.05) is 30.8 Å². The third kappa shape index (κ3) is 3.42. The number of carbonyl (C=O) groups excluding carboxylic acids is 1. The fourth-order valence-electron chi connectivity index (χ4n) is 2.71. The fourth-order valence-corrected chi connectivity index (χ4v) is 2.71. The Morgan fingerprint density at radius 3 is 2.48 bits per heavy atom. The van der Waals surface area contributed by atoms with Crippen LogP contribution in [-0.4, -0.2) is 27.5 Å². The van der Waals surface area contributed by atoms with Gasteiger partial charge in [0, 0.05) is 12.3 Å². The number of hydrogen-bond acceptors (Lipinski definition) is 4. The van der Waals surface area contributed by atoms with Crippen LogP contribution in [0.4, 0.5) is 0 Å². The van der Waals surface area contributed by atoms with E-state index in [0.29, 0.717) is 18.4 Å². The van der Waals surface area contributed by atoms with E-state index < -0.39 is 5.54 Å². The van der Waals surface area contributed by atoms with E-state index in [4.69, 9.17) is 10.9 Å². The highest BCUT2D eigenvalue weighted by Gasteiger charge is 2.37. The number of rotatable bonds is 3. The molecular weight excluding hydrogens is 272 g/mol. The molecule has 1 aliphatic rings. The van der Waals surface area contributed by atoms with Crippen LogP contribution in [-0.2, 0) is 0 Å². The topological polar surface area (TPSA) is 121 Å². The Labute approximate surface area is 122 Å². The van der Waals surface area contributed by atoms with Crippen LogP contribution in [0.3, 0.4) is 0 Å². The fraction of sp³-hybridized carbons (Fsp3) is 0.500. The van der Waals surface area contributed by atoms with Gasteiger partial charge in [-0.3, -0.25) is 9.59 Å². The molecule has 1 fully saturated rings. The Hall–Kier alpha value is -2.31. The number of pyridine rings is 1. The minimum absolute atomic E-state index is 0.0298. The predicted octanol–water partition coefficient (Wildman–Crippen LogP) is 0.944. The summed E-state index contributed by atoms with van der Waals surface area (Å²) in [6, 6.07) is 2.74. The number of nitrogens with one attached hydrogen (secondary N) is 2. The van der Waals surface area contributed by atoms with E-state index in [1.54, 1.807) is 0 Å². The van der Waals surface area contributed by atoms with E-state index in [9.17, 15) is 9.59 Å². The third-order valence-electron chi connectivity index (χ3n) is 3.95. The van der Waals surface area contributed by atoms with E-state index in [0.717, 1.165) is 25.7 Å². The summed E-state index contributed by atoms with van der Waals surface area (Å²) in [6.45, 7) is 0. The summed E-state index contributed by atoms with van der Waals surface area (Å²) >= 11 is 0. The van der Waals surface area contributed by atoms with Crippen LogP contribution < -0.4 is 16.6 Å². The smallest absolute Gasteiger partial charge is 0.253 e. The Morgan fingerprint density at radius 2 is 1.95 bits per heavy atom. The zero-order valence-corrected chi connectivity index (χ0v) is 11.8. The lowest BCUT2D eigenvalue weighted by molar-refractivity contribution is 0.0915. The van der Waals surface area contributed by atoms with E-state index in [2.05, 4.69) is 15.5 Å². The molecule has 0 radical (unpaired) electrons. The predicted molar refractivity (Wildman–Crippen MR) is 78.4 cm³/mol. The van der Waals surface area contributed by atoms with Gasteiger partial charge in [0.1, 0.15) is 5.54 Å². The molecular formula is C14H20N4O3. The molecule has 1 amide bonds. The number of amidine groups is 1. The highest BCUT2D eigenvalue weighted by Crippen LogP contribution is 2.27. The molecule has 2 rings (SSSR count). The van der Waals surface area contributed by atoms with Crippen LogP contribution in [0.15, 0.2) is 28.3 Å². The van der Waals surface area contributed by atoms with Crippen LogP contribution in [0.2, 0.25) is 0 Å². The van der Waals surface area contributed by atoms with Crippen molar-refractivity contribution in [1.29, 1.82) is 0 Å². The second-order valence-electron chi connectivity index (χ2n) is 5.38. The lowest BCUT2D eigenvalue weighted by atomic mass is 9.88. The lowest BCUT2D eigenvalue weighted by Gasteiger charge is -2.32. The van der Waals surface area contributed by atoms with Crippen molar-refractivity contribution < 1.29 is 10.0 Å². The lowest BCUT2D eigenvalue weighted by Crippen LogP contribution is -2.57. The zero-order valence-electron chi connectivity index (χ0n) is 11.8. The van der Waals surface area contributed by atoms with E-state index in [1.807, 2.05) is 0 Å². The normalized spacial score (nSPS) is 18.8. The van der Waals surface area contributed by atoms with Crippen LogP contribution in [0.5, 0.6) is 0 Å². The summed E-state index contributed by atoms with van der Waals surface area (Å²) < 4.78 is 0. The number of amides is 1. The standard InChI is InChI=1S/C14H20N4O3/c15-13(18-21)14(7-3-1-2-4-8-14)17-12(20)10-5-6-11(19)16-9-10/h5-6,9,21H,1-4,7-8H2,(H2,15,18)(H,16,19)(H,17,20). The summed E-state index contributed by atoms with van der Waals surface area (Å²) in [4.78, 5) is 25.8. The molecule has 0 atom stereocenters. The monoisotopic (exact) mass is 292 g/mol. The first kappa shape index (κ1) is 15.1. The van der Waals surface area contributed by atoms with Gasteiger partial charge in [0.25, 0.3) is 5.91 Å². The molecule has 1 aromatic rings. The van der Waals surface area contributed by atoms with Gasteiger partial charge in [0.2, 0.25) is 5.56 Å². The molecule has 1 heterocycles. The first-order valence-corrected chi connectivity index (χ1v) is 7.07. The van der Waals surface area contributed by atoms with Gasteiger partial charge in [-0.15, -0.1) is 0 Å². The first-order chi connectivity index (χ1) is 10.1. The number of nitrogens with zero attached hydrogens (tertiary/aromatic N) is 1. The van der Waals surface area contributed by atoms with Crippen LogP contribution in [0.25, 0.3) is 0 Å². The van der Waals surface area contributed by atoms with Crippen molar-refractivity contribution in [2.75, 3.05) is 0 Å². The van der Waals surface area contributed by atoms with Crippen LogP contribution in [0, 0.1) is 0 Å². The van der Waals surface area contributed by atoms with Gasteiger partial charge in [-0.25, -0.2) is 0 Å². The molecule has 0 aliphatic heterocycles. The number of aromatic nitrogens is 1. The minimum atomic E-state index is -0.821. The minimum Gasteiger partial charge on any atom is -0.409 e. The van der Waals surface area contributed by atoms with Crippen molar-refractivity contribution >= 4 is 11.7 Å². The quantitative estimate of drug-likeness (QED) is 0.218. The molecule has 7 nitrogen and oxygen atoms in total. The summed E-state index contributed by atoms with van der Waals surface area (Å²) in [5, 5.41) is 15.0. The SMILES string of the molecule is N/C(=N/O)C1(NC(=O)c2ccc(=O)[nH]c2)CCCCCC1. The van der Waals surface area contributed by atoms with Gasteiger partial charge in [-0.05, 0) is 18.9 Å². The van der Waals surface area contributed by atoms with E-state index in [-0.39, 0.29) is 17.3 Å². The second-order valence-corrected chi connectivity index (χ2v) is 5.38. The first-order valence-electron chi connectivity index (χ1n) is 7.07. The summed E-state index contributed by atoms with van der Waals surface area (Å²) in [6.07, 6.45) is 6.57. The average Bonchev–Trinajstić information content (AvgIpc) is 2.73. The highest BCUT2D eigenvalue weighted by molar-refractivity contribution is 6.00. The molecule has 1 aliphatic carbocycles. The van der Waals surface area contributed by atoms with Gasteiger partial charge >= 0.3 is 0 Å². The van der Waals surface area contributed by atoms with E-state index in [1.165, 1.54) is 18.3 Å². The average molecular weight is 292 g/mol. The van der Waals surface area contributed by atoms with Gasteiger partial charge < -0.3 is 21.2 Å². The number of oxime groups is 1. The van der Waals surface area contributed by atoms with Crippen molar-refractivity contribution in [3.05, 3.63) is 34.2 Å². The van der Waals surface area contributed by atoms with Gasteiger partial charge in [0.15, 0.2) is 5.84 Å². The molecule has 0 spiro atoms. The van der Waals surface area contributed by atoms with Crippen molar-refractivity contribution in [1.82, 2.24) is 10.3 Å². The molecule has 21 heavy (non-hydrogen) atoms. The molecule has 0 saturated heterocycles. The van der Waals surface area contributed by atoms with Crippen molar-refractivity contribution in [3.63, 3.8) is 0 Å². The number of H-pyrrole nitrogens is 1. The second kappa shape index (κ2) is 6.43. The number of aromatic amines is 1. The molecule has 7 heteroatoms. The third-order valence-corrected chi connectivity index (χ3v) is 3.95. The Bertz CT molecular complexity index is 566.